The highest BCUT2D eigenvalue weighted by Gasteiger charge is 2.09. The number of halogens is 1. The normalized spacial score (nSPS) is 12.3. The van der Waals surface area contributed by atoms with Gasteiger partial charge in [-0.2, -0.15) is 0 Å². The molecule has 0 aliphatic carbocycles. The highest BCUT2D eigenvalue weighted by molar-refractivity contribution is 6.17. The Labute approximate surface area is 112 Å². The zero-order valence-corrected chi connectivity index (χ0v) is 11.1. The van der Waals surface area contributed by atoms with Crippen LogP contribution in [-0.4, -0.2) is 17.8 Å². The van der Waals surface area contributed by atoms with E-state index in [2.05, 4.69) is 5.32 Å². The molecule has 2 nitrogen and oxygen atoms in total. The summed E-state index contributed by atoms with van der Waals surface area (Å²) in [6.07, 6.45) is 0.779. The molecular weight excluding hydrogens is 246 g/mol. The van der Waals surface area contributed by atoms with Gasteiger partial charge in [0.1, 0.15) is 0 Å². The van der Waals surface area contributed by atoms with E-state index in [1.54, 1.807) is 0 Å². The van der Waals surface area contributed by atoms with Crippen LogP contribution in [0.1, 0.15) is 23.7 Å². The molecule has 2 aromatic rings. The summed E-state index contributed by atoms with van der Waals surface area (Å²) in [5, 5.41) is 5.16. The van der Waals surface area contributed by atoms with E-state index in [4.69, 9.17) is 11.6 Å². The van der Waals surface area contributed by atoms with Crippen LogP contribution in [0.25, 0.3) is 10.8 Å². The van der Waals surface area contributed by atoms with Gasteiger partial charge in [-0.05, 0) is 36.2 Å². The first-order valence-corrected chi connectivity index (χ1v) is 6.60. The van der Waals surface area contributed by atoms with Crippen LogP contribution in [0.15, 0.2) is 42.5 Å². The molecule has 0 saturated heterocycles. The topological polar surface area (TPSA) is 29.1 Å². The maximum atomic E-state index is 12.0. The van der Waals surface area contributed by atoms with Crippen molar-refractivity contribution in [2.45, 2.75) is 19.4 Å². The summed E-state index contributed by atoms with van der Waals surface area (Å²) in [5.41, 5.74) is 0.690. The summed E-state index contributed by atoms with van der Waals surface area (Å²) in [6.45, 7) is 1.96. The van der Waals surface area contributed by atoms with E-state index in [0.717, 1.165) is 17.2 Å². The van der Waals surface area contributed by atoms with Crippen molar-refractivity contribution in [3.05, 3.63) is 48.0 Å². The molecule has 0 spiro atoms. The maximum absolute atomic E-state index is 12.0. The number of rotatable bonds is 4. The molecule has 18 heavy (non-hydrogen) atoms. The highest BCUT2D eigenvalue weighted by atomic mass is 35.5. The van der Waals surface area contributed by atoms with Crippen LogP contribution in [0, 0.1) is 0 Å². The van der Waals surface area contributed by atoms with E-state index in [1.165, 1.54) is 0 Å². The first-order valence-electron chi connectivity index (χ1n) is 6.06. The van der Waals surface area contributed by atoms with E-state index >= 15 is 0 Å². The molecule has 1 unspecified atom stereocenters. The quantitative estimate of drug-likeness (QED) is 0.838. The Hall–Kier alpha value is -1.54. The summed E-state index contributed by atoms with van der Waals surface area (Å²) in [5.74, 6) is 0.512. The minimum Gasteiger partial charge on any atom is -0.350 e. The summed E-state index contributed by atoms with van der Waals surface area (Å²) in [4.78, 5) is 12.0. The van der Waals surface area contributed by atoms with Gasteiger partial charge in [-0.1, -0.05) is 30.3 Å². The molecular formula is C15H16ClNO. The number of hydrogen-bond acceptors (Lipinski definition) is 1. The average molecular weight is 262 g/mol. The predicted octanol–water partition coefficient (Wildman–Crippen LogP) is 3.59. The SMILES string of the molecule is CC(CCCl)NC(=O)c1ccc2ccccc2c1. The lowest BCUT2D eigenvalue weighted by Gasteiger charge is -2.12. The Morgan fingerprint density at radius 3 is 2.67 bits per heavy atom. The van der Waals surface area contributed by atoms with E-state index in [1.807, 2.05) is 49.4 Å². The molecule has 0 aromatic heterocycles. The number of hydrogen-bond donors (Lipinski definition) is 1. The summed E-state index contributed by atoms with van der Waals surface area (Å²) in [7, 11) is 0. The minimum absolute atomic E-state index is 0.0432. The molecule has 2 rings (SSSR count). The number of carbonyl (C=O) groups excluding carboxylic acids is 1. The smallest absolute Gasteiger partial charge is 0.251 e. The lowest BCUT2D eigenvalue weighted by atomic mass is 10.1. The van der Waals surface area contributed by atoms with Gasteiger partial charge in [0, 0.05) is 17.5 Å². The van der Waals surface area contributed by atoms with Crippen LogP contribution in [0.2, 0.25) is 0 Å². The van der Waals surface area contributed by atoms with Gasteiger partial charge < -0.3 is 5.32 Å². The van der Waals surface area contributed by atoms with Gasteiger partial charge >= 0.3 is 0 Å². The molecule has 0 aliphatic heterocycles. The van der Waals surface area contributed by atoms with E-state index in [0.29, 0.717) is 11.4 Å². The standard InChI is InChI=1S/C15H16ClNO/c1-11(8-9-16)17-15(18)14-7-6-12-4-2-3-5-13(12)10-14/h2-7,10-11H,8-9H2,1H3,(H,17,18). The first-order chi connectivity index (χ1) is 8.70. The third kappa shape index (κ3) is 3.02. The zero-order valence-electron chi connectivity index (χ0n) is 10.3. The minimum atomic E-state index is -0.0432. The average Bonchev–Trinajstić information content (AvgIpc) is 2.38. The van der Waals surface area contributed by atoms with Crippen LogP contribution in [0.5, 0.6) is 0 Å². The number of fused-ring (bicyclic) bond motifs is 1. The van der Waals surface area contributed by atoms with E-state index in [-0.39, 0.29) is 11.9 Å². The molecule has 0 heterocycles. The van der Waals surface area contributed by atoms with E-state index in [9.17, 15) is 4.79 Å². The Balaban J connectivity index is 2.17. The number of amides is 1. The van der Waals surface area contributed by atoms with Crippen LogP contribution in [0.4, 0.5) is 0 Å². The van der Waals surface area contributed by atoms with Crippen molar-refractivity contribution in [3.8, 4) is 0 Å². The van der Waals surface area contributed by atoms with Crippen molar-refractivity contribution in [2.24, 2.45) is 0 Å². The van der Waals surface area contributed by atoms with Crippen molar-refractivity contribution in [2.75, 3.05) is 5.88 Å². The number of benzene rings is 2. The lowest BCUT2D eigenvalue weighted by Crippen LogP contribution is -2.32. The van der Waals surface area contributed by atoms with Gasteiger partial charge in [-0.15, -0.1) is 11.6 Å². The second-order valence-corrected chi connectivity index (χ2v) is 4.79. The monoisotopic (exact) mass is 261 g/mol. The van der Waals surface area contributed by atoms with Crippen LogP contribution in [-0.2, 0) is 0 Å². The summed E-state index contributed by atoms with van der Waals surface area (Å²) >= 11 is 5.65. The molecule has 3 heteroatoms. The van der Waals surface area contributed by atoms with Crippen LogP contribution in [0.3, 0.4) is 0 Å². The van der Waals surface area contributed by atoms with Gasteiger partial charge in [0.05, 0.1) is 0 Å². The molecule has 0 radical (unpaired) electrons. The highest BCUT2D eigenvalue weighted by Crippen LogP contribution is 2.15. The number of carbonyl (C=O) groups is 1. The van der Waals surface area contributed by atoms with Gasteiger partial charge in [0.15, 0.2) is 0 Å². The largest absolute Gasteiger partial charge is 0.350 e. The van der Waals surface area contributed by atoms with Crippen molar-refractivity contribution in [1.29, 1.82) is 0 Å². The van der Waals surface area contributed by atoms with E-state index < -0.39 is 0 Å². The Kier molecular flexibility index (Phi) is 4.21. The third-order valence-corrected chi connectivity index (χ3v) is 3.15. The van der Waals surface area contributed by atoms with Crippen molar-refractivity contribution in [3.63, 3.8) is 0 Å². The number of nitrogens with one attached hydrogen (secondary N) is 1. The fourth-order valence-corrected chi connectivity index (χ4v) is 2.20. The Morgan fingerprint density at radius 1 is 1.22 bits per heavy atom. The first kappa shape index (κ1) is 12.9. The number of alkyl halides is 1. The molecule has 0 bridgehead atoms. The van der Waals surface area contributed by atoms with Crippen LogP contribution < -0.4 is 5.32 Å². The fraction of sp³-hybridized carbons (Fsp3) is 0.267. The predicted molar refractivity (Wildman–Crippen MR) is 76.2 cm³/mol. The van der Waals surface area contributed by atoms with Gasteiger partial charge in [0.25, 0.3) is 5.91 Å². The fourth-order valence-electron chi connectivity index (χ4n) is 1.87. The van der Waals surface area contributed by atoms with Gasteiger partial charge in [-0.25, -0.2) is 0 Å². The molecule has 94 valence electrons. The van der Waals surface area contributed by atoms with Gasteiger partial charge in [-0.3, -0.25) is 4.79 Å². The third-order valence-electron chi connectivity index (χ3n) is 2.93. The zero-order chi connectivity index (χ0) is 13.0. The van der Waals surface area contributed by atoms with Gasteiger partial charge in [0.2, 0.25) is 0 Å². The molecule has 2 aromatic carbocycles. The molecule has 1 N–H and O–H groups in total. The maximum Gasteiger partial charge on any atom is 0.251 e. The Morgan fingerprint density at radius 2 is 1.94 bits per heavy atom. The van der Waals surface area contributed by atoms with Crippen LogP contribution >= 0.6 is 11.6 Å². The molecule has 0 saturated carbocycles. The second kappa shape index (κ2) is 5.87. The summed E-state index contributed by atoms with van der Waals surface area (Å²) in [6, 6.07) is 13.8. The lowest BCUT2D eigenvalue weighted by molar-refractivity contribution is 0.0939. The Bertz CT molecular complexity index is 553. The molecule has 0 fully saturated rings. The summed E-state index contributed by atoms with van der Waals surface area (Å²) < 4.78 is 0. The van der Waals surface area contributed by atoms with Crippen molar-refractivity contribution in [1.82, 2.24) is 5.32 Å². The van der Waals surface area contributed by atoms with Crippen molar-refractivity contribution < 1.29 is 4.79 Å². The molecule has 0 aliphatic rings. The molecule has 1 atom stereocenters. The van der Waals surface area contributed by atoms with Crippen molar-refractivity contribution >= 4 is 28.3 Å². The second-order valence-electron chi connectivity index (χ2n) is 4.41. The molecule has 1 amide bonds.